The average Bonchev–Trinajstić information content (AvgIpc) is 2.93. The van der Waals surface area contributed by atoms with E-state index in [1.54, 1.807) is 0 Å². The fourth-order valence-corrected chi connectivity index (χ4v) is 3.06. The van der Waals surface area contributed by atoms with Gasteiger partial charge in [-0.1, -0.05) is 36.4 Å². The number of aromatic nitrogens is 2. The Morgan fingerprint density at radius 2 is 1.91 bits per heavy atom. The number of imidazole rings is 1. The fourth-order valence-electron chi connectivity index (χ4n) is 3.06. The van der Waals surface area contributed by atoms with Crippen molar-refractivity contribution in [3.05, 3.63) is 71.7 Å². The van der Waals surface area contributed by atoms with Crippen LogP contribution in [0.5, 0.6) is 0 Å². The first-order valence-corrected chi connectivity index (χ1v) is 7.58. The monoisotopic (exact) mass is 291 g/mol. The first-order valence-electron chi connectivity index (χ1n) is 7.58. The fraction of sp³-hybridized carbons (Fsp3) is 0.222. The summed E-state index contributed by atoms with van der Waals surface area (Å²) in [7, 11) is 0. The van der Waals surface area contributed by atoms with Gasteiger partial charge in [-0.2, -0.15) is 0 Å². The van der Waals surface area contributed by atoms with Crippen LogP contribution in [-0.2, 0) is 24.2 Å². The molecule has 2 aromatic heterocycles. The summed E-state index contributed by atoms with van der Waals surface area (Å²) < 4.78 is 2.09. The van der Waals surface area contributed by atoms with Crippen molar-refractivity contribution in [3.8, 4) is 0 Å². The van der Waals surface area contributed by atoms with Crippen molar-refractivity contribution in [2.24, 2.45) is 0 Å². The third-order valence-corrected chi connectivity index (χ3v) is 4.22. The lowest BCUT2D eigenvalue weighted by Crippen LogP contribution is -2.37. The molecule has 0 bridgehead atoms. The van der Waals surface area contributed by atoms with Crippen molar-refractivity contribution in [3.63, 3.8) is 0 Å². The van der Waals surface area contributed by atoms with Crippen molar-refractivity contribution in [1.82, 2.24) is 14.3 Å². The van der Waals surface area contributed by atoms with Gasteiger partial charge in [-0.3, -0.25) is 4.79 Å². The molecule has 22 heavy (non-hydrogen) atoms. The molecule has 1 aromatic carbocycles. The smallest absolute Gasteiger partial charge is 0.227 e. The van der Waals surface area contributed by atoms with E-state index in [1.807, 2.05) is 59.6 Å². The molecule has 0 saturated heterocycles. The summed E-state index contributed by atoms with van der Waals surface area (Å²) in [5, 5.41) is 0. The van der Waals surface area contributed by atoms with Gasteiger partial charge in [-0.15, -0.1) is 0 Å². The van der Waals surface area contributed by atoms with Gasteiger partial charge in [0.2, 0.25) is 5.91 Å². The number of rotatable bonds is 2. The van der Waals surface area contributed by atoms with E-state index in [9.17, 15) is 4.79 Å². The Morgan fingerprint density at radius 3 is 2.77 bits per heavy atom. The van der Waals surface area contributed by atoms with Crippen LogP contribution in [0.15, 0.2) is 54.7 Å². The highest BCUT2D eigenvalue weighted by molar-refractivity contribution is 5.79. The minimum atomic E-state index is 0.183. The minimum absolute atomic E-state index is 0.183. The van der Waals surface area contributed by atoms with E-state index < -0.39 is 0 Å². The molecule has 0 spiro atoms. The van der Waals surface area contributed by atoms with E-state index in [1.165, 1.54) is 0 Å². The van der Waals surface area contributed by atoms with Gasteiger partial charge >= 0.3 is 0 Å². The Bertz CT molecular complexity index is 823. The van der Waals surface area contributed by atoms with Crippen molar-refractivity contribution in [2.45, 2.75) is 19.4 Å². The van der Waals surface area contributed by atoms with Crippen LogP contribution in [-0.4, -0.2) is 26.7 Å². The molecule has 4 nitrogen and oxygen atoms in total. The predicted octanol–water partition coefficient (Wildman–Crippen LogP) is 2.46. The molecular weight excluding hydrogens is 274 g/mol. The third kappa shape index (κ3) is 2.26. The number of amides is 1. The molecule has 1 aliphatic rings. The third-order valence-electron chi connectivity index (χ3n) is 4.22. The molecule has 110 valence electrons. The van der Waals surface area contributed by atoms with Crippen LogP contribution in [0.2, 0.25) is 0 Å². The van der Waals surface area contributed by atoms with Gasteiger partial charge in [0.05, 0.1) is 24.4 Å². The summed E-state index contributed by atoms with van der Waals surface area (Å²) in [6, 6.07) is 15.9. The molecular formula is C18H17N3O. The molecule has 0 N–H and O–H groups in total. The Balaban J connectivity index is 1.57. The molecule has 0 aliphatic carbocycles. The van der Waals surface area contributed by atoms with E-state index >= 15 is 0 Å². The second kappa shape index (κ2) is 5.30. The zero-order valence-corrected chi connectivity index (χ0v) is 12.3. The van der Waals surface area contributed by atoms with Crippen molar-refractivity contribution >= 4 is 11.6 Å². The molecule has 0 saturated carbocycles. The zero-order valence-electron chi connectivity index (χ0n) is 12.3. The predicted molar refractivity (Wildman–Crippen MR) is 84.5 cm³/mol. The molecule has 4 rings (SSSR count). The summed E-state index contributed by atoms with van der Waals surface area (Å²) >= 11 is 0. The van der Waals surface area contributed by atoms with Gasteiger partial charge in [0.1, 0.15) is 5.65 Å². The van der Waals surface area contributed by atoms with Crippen LogP contribution in [0.1, 0.15) is 17.0 Å². The summed E-state index contributed by atoms with van der Waals surface area (Å²) in [5.74, 6) is 0.183. The van der Waals surface area contributed by atoms with Crippen LogP contribution < -0.4 is 0 Å². The lowest BCUT2D eigenvalue weighted by molar-refractivity contribution is -0.131. The summed E-state index contributed by atoms with van der Waals surface area (Å²) in [4.78, 5) is 19.1. The Labute approximate surface area is 129 Å². The first kappa shape index (κ1) is 13.1. The first-order chi connectivity index (χ1) is 10.8. The highest BCUT2D eigenvalue weighted by Crippen LogP contribution is 2.21. The van der Waals surface area contributed by atoms with E-state index in [0.717, 1.165) is 35.6 Å². The van der Waals surface area contributed by atoms with Gasteiger partial charge < -0.3 is 9.30 Å². The van der Waals surface area contributed by atoms with Gasteiger partial charge in [0.25, 0.3) is 0 Å². The van der Waals surface area contributed by atoms with Gasteiger partial charge in [0, 0.05) is 19.2 Å². The second-order valence-electron chi connectivity index (χ2n) is 5.66. The van der Waals surface area contributed by atoms with Crippen LogP contribution in [0.25, 0.3) is 5.65 Å². The quantitative estimate of drug-likeness (QED) is 0.727. The largest absolute Gasteiger partial charge is 0.336 e. The number of pyridine rings is 1. The highest BCUT2D eigenvalue weighted by atomic mass is 16.2. The Kier molecular flexibility index (Phi) is 3.15. The number of fused-ring (bicyclic) bond motifs is 3. The Morgan fingerprint density at radius 1 is 1.09 bits per heavy atom. The van der Waals surface area contributed by atoms with E-state index in [4.69, 9.17) is 0 Å². The van der Waals surface area contributed by atoms with Crippen LogP contribution in [0, 0.1) is 0 Å². The standard InChI is InChI=1S/C18H17N3O/c22-18(12-14-6-2-1-3-7-14)20-11-9-15-16(13-20)21-10-5-4-8-17(21)19-15/h1-8,10H,9,11-13H2. The summed E-state index contributed by atoms with van der Waals surface area (Å²) in [6.45, 7) is 1.40. The summed E-state index contributed by atoms with van der Waals surface area (Å²) in [5.41, 5.74) is 4.29. The van der Waals surface area contributed by atoms with Gasteiger partial charge in [-0.25, -0.2) is 4.98 Å². The Hall–Kier alpha value is -2.62. The molecule has 0 fully saturated rings. The highest BCUT2D eigenvalue weighted by Gasteiger charge is 2.24. The molecule has 4 heteroatoms. The van der Waals surface area contributed by atoms with E-state index in [0.29, 0.717) is 13.0 Å². The lowest BCUT2D eigenvalue weighted by atomic mass is 10.1. The van der Waals surface area contributed by atoms with Gasteiger partial charge in [-0.05, 0) is 17.7 Å². The molecule has 0 unspecified atom stereocenters. The van der Waals surface area contributed by atoms with E-state index in [-0.39, 0.29) is 5.91 Å². The normalized spacial score (nSPS) is 14.1. The maximum Gasteiger partial charge on any atom is 0.227 e. The minimum Gasteiger partial charge on any atom is -0.336 e. The molecule has 1 aliphatic heterocycles. The number of carbonyl (C=O) groups is 1. The maximum atomic E-state index is 12.5. The van der Waals surface area contributed by atoms with E-state index in [2.05, 4.69) is 9.38 Å². The molecule has 3 aromatic rings. The topological polar surface area (TPSA) is 37.6 Å². The molecule has 1 amide bonds. The number of carbonyl (C=O) groups excluding carboxylic acids is 1. The van der Waals surface area contributed by atoms with Crippen LogP contribution in [0.3, 0.4) is 0 Å². The molecule has 0 radical (unpaired) electrons. The van der Waals surface area contributed by atoms with Crippen LogP contribution in [0.4, 0.5) is 0 Å². The zero-order chi connectivity index (χ0) is 14.9. The number of hydrogen-bond acceptors (Lipinski definition) is 2. The van der Waals surface area contributed by atoms with Gasteiger partial charge in [0.15, 0.2) is 0 Å². The molecule has 3 heterocycles. The summed E-state index contributed by atoms with van der Waals surface area (Å²) in [6.07, 6.45) is 3.32. The number of nitrogens with zero attached hydrogens (tertiary/aromatic N) is 3. The number of benzene rings is 1. The van der Waals surface area contributed by atoms with Crippen molar-refractivity contribution in [1.29, 1.82) is 0 Å². The van der Waals surface area contributed by atoms with Crippen LogP contribution >= 0.6 is 0 Å². The van der Waals surface area contributed by atoms with Crippen molar-refractivity contribution in [2.75, 3.05) is 6.54 Å². The van der Waals surface area contributed by atoms with Crippen molar-refractivity contribution < 1.29 is 4.79 Å². The lowest BCUT2D eigenvalue weighted by Gasteiger charge is -2.26. The SMILES string of the molecule is O=C(Cc1ccccc1)N1CCc2nc3ccccn3c2C1. The second-order valence-corrected chi connectivity index (χ2v) is 5.66. The number of hydrogen-bond donors (Lipinski definition) is 0. The molecule has 0 atom stereocenters. The maximum absolute atomic E-state index is 12.5. The average molecular weight is 291 g/mol.